The lowest BCUT2D eigenvalue weighted by Gasteiger charge is -1.96. The third-order valence-electron chi connectivity index (χ3n) is 3.59. The average molecular weight is 350 g/mol. The van der Waals surface area contributed by atoms with Crippen LogP contribution in [0.5, 0.6) is 0 Å². The molecule has 3 aromatic rings. The van der Waals surface area contributed by atoms with Crippen molar-refractivity contribution in [3.63, 3.8) is 0 Å². The molecule has 0 fully saturated rings. The molecular formula is C19H14N2O3S. The van der Waals surface area contributed by atoms with Crippen LogP contribution in [0.3, 0.4) is 0 Å². The number of aromatic nitrogens is 1. The molecule has 0 radical (unpaired) electrons. The second kappa shape index (κ2) is 7.19. The summed E-state index contributed by atoms with van der Waals surface area (Å²) in [5.74, 6) is -0.213. The molecule has 0 aliphatic rings. The molecule has 0 aliphatic heterocycles. The van der Waals surface area contributed by atoms with Crippen molar-refractivity contribution in [3.05, 3.63) is 86.9 Å². The molecular weight excluding hydrogens is 336 g/mol. The van der Waals surface area contributed by atoms with Crippen LogP contribution in [0.15, 0.2) is 60.7 Å². The number of benzene rings is 2. The zero-order chi connectivity index (χ0) is 17.8. The Hall–Kier alpha value is -3.12. The summed E-state index contributed by atoms with van der Waals surface area (Å²) in [5, 5.41) is 11.8. The minimum Gasteiger partial charge on any atom is -0.288 e. The molecule has 0 atom stereocenters. The molecule has 0 saturated carbocycles. The Bertz CT molecular complexity index is 962. The van der Waals surface area contributed by atoms with Crippen molar-refractivity contribution in [1.82, 2.24) is 4.98 Å². The highest BCUT2D eigenvalue weighted by Crippen LogP contribution is 2.28. The number of nitro groups is 1. The van der Waals surface area contributed by atoms with Crippen molar-refractivity contribution < 1.29 is 9.72 Å². The number of rotatable bonds is 5. The zero-order valence-electron chi connectivity index (χ0n) is 13.4. The highest BCUT2D eigenvalue weighted by Gasteiger charge is 2.15. The molecule has 1 heterocycles. The van der Waals surface area contributed by atoms with E-state index in [1.165, 1.54) is 29.6 Å². The lowest BCUT2D eigenvalue weighted by molar-refractivity contribution is -0.385. The Balaban J connectivity index is 1.88. The van der Waals surface area contributed by atoms with Gasteiger partial charge in [-0.1, -0.05) is 42.5 Å². The number of hydrogen-bond donors (Lipinski definition) is 0. The summed E-state index contributed by atoms with van der Waals surface area (Å²) < 4.78 is 0. The number of thiazole rings is 1. The quantitative estimate of drug-likeness (QED) is 0.283. The number of allylic oxidation sites excluding steroid dienone is 1. The molecule has 0 spiro atoms. The molecule has 2 aromatic carbocycles. The van der Waals surface area contributed by atoms with Crippen LogP contribution in [0, 0.1) is 17.0 Å². The van der Waals surface area contributed by atoms with E-state index in [0.29, 0.717) is 16.1 Å². The maximum Gasteiger partial charge on any atom is 0.276 e. The minimum absolute atomic E-state index is 0.0300. The smallest absolute Gasteiger partial charge is 0.276 e. The first-order chi connectivity index (χ1) is 12.1. The van der Waals surface area contributed by atoms with Gasteiger partial charge >= 0.3 is 0 Å². The third-order valence-corrected chi connectivity index (χ3v) is 4.81. The van der Waals surface area contributed by atoms with E-state index in [-0.39, 0.29) is 11.5 Å². The van der Waals surface area contributed by atoms with Gasteiger partial charge in [-0.05, 0) is 25.1 Å². The molecule has 0 saturated heterocycles. The van der Waals surface area contributed by atoms with Crippen molar-refractivity contribution in [1.29, 1.82) is 0 Å². The molecule has 3 rings (SSSR count). The fourth-order valence-corrected chi connectivity index (χ4v) is 3.36. The highest BCUT2D eigenvalue weighted by molar-refractivity contribution is 7.17. The predicted octanol–water partition coefficient (Wildman–Crippen LogP) is 4.92. The fraction of sp³-hybridized carbons (Fsp3) is 0.0526. The topological polar surface area (TPSA) is 73.1 Å². The van der Waals surface area contributed by atoms with Crippen LogP contribution in [0.4, 0.5) is 5.69 Å². The first-order valence-electron chi connectivity index (χ1n) is 7.55. The van der Waals surface area contributed by atoms with Crippen LogP contribution < -0.4 is 0 Å². The van der Waals surface area contributed by atoms with E-state index in [4.69, 9.17) is 0 Å². The van der Waals surface area contributed by atoms with Crippen LogP contribution in [0.1, 0.15) is 20.9 Å². The van der Waals surface area contributed by atoms with Crippen molar-refractivity contribution in [2.75, 3.05) is 0 Å². The first kappa shape index (κ1) is 16.7. The van der Waals surface area contributed by atoms with Gasteiger partial charge in [-0.3, -0.25) is 14.9 Å². The Labute approximate surface area is 148 Å². The van der Waals surface area contributed by atoms with Crippen LogP contribution >= 0.6 is 11.3 Å². The Morgan fingerprint density at radius 1 is 1.12 bits per heavy atom. The number of aryl methyl sites for hydroxylation is 1. The average Bonchev–Trinajstić information content (AvgIpc) is 3.02. The summed E-state index contributed by atoms with van der Waals surface area (Å²) in [6.45, 7) is 1.79. The van der Waals surface area contributed by atoms with Gasteiger partial charge < -0.3 is 0 Å². The largest absolute Gasteiger partial charge is 0.288 e. The Morgan fingerprint density at radius 2 is 1.80 bits per heavy atom. The van der Waals surface area contributed by atoms with E-state index in [1.54, 1.807) is 25.1 Å². The maximum atomic E-state index is 12.5. The van der Waals surface area contributed by atoms with Gasteiger partial charge in [0, 0.05) is 11.6 Å². The standard InChI is InChI=1S/C19H14N2O3S/c1-13-18(25-19(20-13)15-8-3-2-4-9-15)17(22)12-11-14-7-5-6-10-16(14)21(23)24/h2-12H,1H3. The number of ketones is 1. The van der Waals surface area contributed by atoms with Crippen LogP contribution in [0.2, 0.25) is 0 Å². The SMILES string of the molecule is Cc1nc(-c2ccccc2)sc1C(=O)C=Cc1ccccc1[N+](=O)[O-]. The van der Waals surface area contributed by atoms with E-state index in [9.17, 15) is 14.9 Å². The third kappa shape index (κ3) is 3.70. The van der Waals surface area contributed by atoms with Gasteiger partial charge in [0.25, 0.3) is 5.69 Å². The van der Waals surface area contributed by atoms with Crippen LogP contribution in [-0.2, 0) is 0 Å². The van der Waals surface area contributed by atoms with Crippen LogP contribution in [-0.4, -0.2) is 15.7 Å². The van der Waals surface area contributed by atoms with Gasteiger partial charge in [-0.25, -0.2) is 4.98 Å². The normalized spacial score (nSPS) is 10.9. The monoisotopic (exact) mass is 350 g/mol. The molecule has 6 heteroatoms. The lowest BCUT2D eigenvalue weighted by atomic mass is 10.1. The molecule has 0 aliphatic carbocycles. The fourth-order valence-electron chi connectivity index (χ4n) is 2.37. The van der Waals surface area contributed by atoms with Crippen molar-refractivity contribution in [3.8, 4) is 10.6 Å². The predicted molar refractivity (Wildman–Crippen MR) is 98.7 cm³/mol. The number of hydrogen-bond acceptors (Lipinski definition) is 5. The van der Waals surface area contributed by atoms with E-state index >= 15 is 0 Å². The summed E-state index contributed by atoms with van der Waals surface area (Å²) in [7, 11) is 0. The van der Waals surface area contributed by atoms with Crippen molar-refractivity contribution in [2.45, 2.75) is 6.92 Å². The summed E-state index contributed by atoms with van der Waals surface area (Å²) in [5.41, 5.74) is 1.97. The number of carbonyl (C=O) groups excluding carboxylic acids is 1. The highest BCUT2D eigenvalue weighted by atomic mass is 32.1. The second-order valence-electron chi connectivity index (χ2n) is 5.31. The van der Waals surface area contributed by atoms with Gasteiger partial charge in [-0.15, -0.1) is 11.3 Å². The molecule has 1 aromatic heterocycles. The molecule has 5 nitrogen and oxygen atoms in total. The van der Waals surface area contributed by atoms with Gasteiger partial charge in [0.1, 0.15) is 5.01 Å². The number of nitrogens with zero attached hydrogens (tertiary/aromatic N) is 2. The Morgan fingerprint density at radius 3 is 2.52 bits per heavy atom. The van der Waals surface area contributed by atoms with Gasteiger partial charge in [-0.2, -0.15) is 0 Å². The molecule has 124 valence electrons. The second-order valence-corrected chi connectivity index (χ2v) is 6.31. The van der Waals surface area contributed by atoms with Crippen molar-refractivity contribution >= 4 is 28.9 Å². The van der Waals surface area contributed by atoms with Crippen molar-refractivity contribution in [2.24, 2.45) is 0 Å². The zero-order valence-corrected chi connectivity index (χ0v) is 14.2. The van der Waals surface area contributed by atoms with E-state index < -0.39 is 4.92 Å². The molecule has 0 unspecified atom stereocenters. The number of nitro benzene ring substituents is 1. The molecule has 0 N–H and O–H groups in total. The van der Waals surface area contributed by atoms with Gasteiger partial charge in [0.05, 0.1) is 21.1 Å². The van der Waals surface area contributed by atoms with Gasteiger partial charge in [0.15, 0.2) is 5.78 Å². The summed E-state index contributed by atoms with van der Waals surface area (Å²) in [6.07, 6.45) is 2.83. The Kier molecular flexibility index (Phi) is 4.81. The van der Waals surface area contributed by atoms with E-state index in [1.807, 2.05) is 30.3 Å². The maximum absolute atomic E-state index is 12.5. The lowest BCUT2D eigenvalue weighted by Crippen LogP contribution is -1.94. The first-order valence-corrected chi connectivity index (χ1v) is 8.36. The minimum atomic E-state index is -0.463. The van der Waals surface area contributed by atoms with E-state index in [2.05, 4.69) is 4.98 Å². The molecule has 25 heavy (non-hydrogen) atoms. The summed E-state index contributed by atoms with van der Waals surface area (Å²) in [4.78, 5) is 28.0. The number of para-hydroxylation sites is 1. The summed E-state index contributed by atoms with van der Waals surface area (Å²) in [6, 6.07) is 16.0. The van der Waals surface area contributed by atoms with Crippen LogP contribution in [0.25, 0.3) is 16.6 Å². The summed E-state index contributed by atoms with van der Waals surface area (Å²) >= 11 is 1.32. The van der Waals surface area contributed by atoms with E-state index in [0.717, 1.165) is 10.6 Å². The molecule has 0 bridgehead atoms. The number of carbonyl (C=O) groups is 1. The van der Waals surface area contributed by atoms with Gasteiger partial charge in [0.2, 0.25) is 0 Å². The molecule has 0 amide bonds.